The molecule has 1 aliphatic heterocycles. The minimum absolute atomic E-state index is 0.0156. The second kappa shape index (κ2) is 9.47. The van der Waals surface area contributed by atoms with Gasteiger partial charge in [0.1, 0.15) is 24.0 Å². The first-order valence-electron chi connectivity index (χ1n) is 11.3. The number of aromatic nitrogens is 2. The highest BCUT2D eigenvalue weighted by molar-refractivity contribution is 6.31. The number of carbonyl (C=O) groups excluding carboxylic acids is 1. The largest absolute Gasteiger partial charge is 0.492 e. The zero-order valence-electron chi connectivity index (χ0n) is 18.9. The van der Waals surface area contributed by atoms with Gasteiger partial charge in [0.05, 0.1) is 17.6 Å². The molecule has 4 aromatic rings. The zero-order valence-corrected chi connectivity index (χ0v) is 19.6. The lowest BCUT2D eigenvalue weighted by Gasteiger charge is -2.18. The van der Waals surface area contributed by atoms with Crippen LogP contribution >= 0.6 is 11.6 Å². The van der Waals surface area contributed by atoms with E-state index in [9.17, 15) is 9.18 Å². The summed E-state index contributed by atoms with van der Waals surface area (Å²) in [6.45, 7) is 4.08. The van der Waals surface area contributed by atoms with Crippen molar-refractivity contribution in [1.82, 2.24) is 14.5 Å². The maximum absolute atomic E-state index is 13.2. The van der Waals surface area contributed by atoms with Crippen molar-refractivity contribution in [3.05, 3.63) is 94.5 Å². The van der Waals surface area contributed by atoms with Crippen molar-refractivity contribution >= 4 is 28.5 Å². The van der Waals surface area contributed by atoms with Crippen LogP contribution in [0, 0.1) is 12.7 Å². The fourth-order valence-electron chi connectivity index (χ4n) is 4.51. The predicted molar refractivity (Wildman–Crippen MR) is 131 cm³/mol. The maximum Gasteiger partial charge on any atom is 0.223 e. The Morgan fingerprint density at radius 2 is 1.91 bits per heavy atom. The Hall–Kier alpha value is -3.38. The smallest absolute Gasteiger partial charge is 0.223 e. The number of fused-ring (bicyclic) bond motifs is 1. The summed E-state index contributed by atoms with van der Waals surface area (Å²) in [7, 11) is 0. The summed E-state index contributed by atoms with van der Waals surface area (Å²) in [5.74, 6) is 1.46. The molecule has 1 aliphatic rings. The Morgan fingerprint density at radius 1 is 1.12 bits per heavy atom. The van der Waals surface area contributed by atoms with E-state index in [4.69, 9.17) is 21.3 Å². The molecular formula is C27H25ClFN3O2. The molecule has 0 N–H and O–H groups in total. The highest BCUT2D eigenvalue weighted by Gasteiger charge is 2.34. The van der Waals surface area contributed by atoms with Crippen LogP contribution in [0.4, 0.5) is 4.39 Å². The predicted octanol–water partition coefficient (Wildman–Crippen LogP) is 5.73. The van der Waals surface area contributed by atoms with Crippen molar-refractivity contribution in [3.8, 4) is 5.75 Å². The van der Waals surface area contributed by atoms with Gasteiger partial charge in [-0.1, -0.05) is 35.9 Å². The lowest BCUT2D eigenvalue weighted by atomic mass is 10.1. The third kappa shape index (κ3) is 4.64. The number of ether oxygens (including phenoxy) is 1. The third-order valence-electron chi connectivity index (χ3n) is 6.26. The quantitative estimate of drug-likeness (QED) is 0.341. The van der Waals surface area contributed by atoms with Crippen molar-refractivity contribution < 1.29 is 13.9 Å². The monoisotopic (exact) mass is 477 g/mol. The van der Waals surface area contributed by atoms with Crippen LogP contribution < -0.4 is 4.74 Å². The summed E-state index contributed by atoms with van der Waals surface area (Å²) in [5, 5.41) is 0.714. The topological polar surface area (TPSA) is 47.4 Å². The Morgan fingerprint density at radius 3 is 2.71 bits per heavy atom. The molecule has 0 saturated carbocycles. The number of carbonyl (C=O) groups is 1. The van der Waals surface area contributed by atoms with Crippen molar-refractivity contribution in [2.75, 3.05) is 13.2 Å². The van der Waals surface area contributed by atoms with Crippen LogP contribution in [0.5, 0.6) is 5.75 Å². The van der Waals surface area contributed by atoms with E-state index in [1.165, 1.54) is 12.1 Å². The Kier molecular flexibility index (Phi) is 6.24. The van der Waals surface area contributed by atoms with Gasteiger partial charge >= 0.3 is 0 Å². The number of halogens is 2. The normalized spacial score (nSPS) is 15.9. The van der Waals surface area contributed by atoms with E-state index in [0.717, 1.165) is 33.7 Å². The lowest BCUT2D eigenvalue weighted by Crippen LogP contribution is -2.24. The van der Waals surface area contributed by atoms with E-state index in [2.05, 4.69) is 4.57 Å². The number of nitrogens with zero attached hydrogens (tertiary/aromatic N) is 3. The van der Waals surface area contributed by atoms with Crippen molar-refractivity contribution in [2.45, 2.75) is 32.4 Å². The highest BCUT2D eigenvalue weighted by Crippen LogP contribution is 2.31. The van der Waals surface area contributed by atoms with Crippen LogP contribution in [-0.2, 0) is 17.9 Å². The van der Waals surface area contributed by atoms with E-state index in [0.29, 0.717) is 37.7 Å². The molecule has 7 heteroatoms. The number of rotatable bonds is 7. The lowest BCUT2D eigenvalue weighted by molar-refractivity contribution is -0.128. The Balaban J connectivity index is 1.34. The maximum atomic E-state index is 13.2. The van der Waals surface area contributed by atoms with Crippen molar-refractivity contribution in [2.24, 2.45) is 0 Å². The van der Waals surface area contributed by atoms with Crippen molar-refractivity contribution in [3.63, 3.8) is 0 Å². The molecule has 5 nitrogen and oxygen atoms in total. The molecule has 1 fully saturated rings. The van der Waals surface area contributed by atoms with Gasteiger partial charge in [-0.3, -0.25) is 4.79 Å². The molecule has 1 atom stereocenters. The Bertz CT molecular complexity index is 1340. The second-order valence-corrected chi connectivity index (χ2v) is 9.08. The van der Waals surface area contributed by atoms with Gasteiger partial charge in [0.2, 0.25) is 5.91 Å². The fraction of sp³-hybridized carbons (Fsp3) is 0.259. The van der Waals surface area contributed by atoms with E-state index in [1.807, 2.05) is 54.3 Å². The van der Waals surface area contributed by atoms with Gasteiger partial charge in [-0.2, -0.15) is 0 Å². The SMILES string of the molecule is Cc1cc(OCCn2c([C@H]3CC(=O)N(Cc4ccc(F)cc4)C3)nc3ccccc32)ccc1Cl. The number of hydrogen-bond acceptors (Lipinski definition) is 3. The van der Waals surface area contributed by atoms with Crippen LogP contribution in [0.2, 0.25) is 5.02 Å². The summed E-state index contributed by atoms with van der Waals surface area (Å²) in [4.78, 5) is 19.5. The number of hydrogen-bond donors (Lipinski definition) is 0. The standard InChI is InChI=1S/C27H25ClFN3O2/c1-18-14-22(10-11-23(18)28)34-13-12-32-25-5-3-2-4-24(25)30-27(32)20-15-26(33)31(17-20)16-19-6-8-21(29)9-7-19/h2-11,14,20H,12-13,15-17H2,1H3/t20-/m0/s1. The number of amides is 1. The third-order valence-corrected chi connectivity index (χ3v) is 6.69. The van der Waals surface area contributed by atoms with E-state index < -0.39 is 0 Å². The van der Waals surface area contributed by atoms with E-state index >= 15 is 0 Å². The van der Waals surface area contributed by atoms with Gasteiger partial charge in [-0.05, 0) is 60.5 Å². The number of likely N-dealkylation sites (tertiary alicyclic amines) is 1. The molecule has 1 amide bonds. The van der Waals surface area contributed by atoms with Crippen molar-refractivity contribution in [1.29, 1.82) is 0 Å². The molecule has 2 heterocycles. The number of para-hydroxylation sites is 2. The molecule has 0 aliphatic carbocycles. The molecular weight excluding hydrogens is 453 g/mol. The van der Waals surface area contributed by atoms with E-state index in [-0.39, 0.29) is 17.6 Å². The second-order valence-electron chi connectivity index (χ2n) is 8.67. The summed E-state index contributed by atoms with van der Waals surface area (Å²) >= 11 is 6.12. The fourth-order valence-corrected chi connectivity index (χ4v) is 4.63. The van der Waals surface area contributed by atoms with Crippen LogP contribution in [0.3, 0.4) is 0 Å². The van der Waals surface area contributed by atoms with Crippen LogP contribution in [0.25, 0.3) is 11.0 Å². The molecule has 174 valence electrons. The van der Waals surface area contributed by atoms with Gasteiger partial charge in [0.25, 0.3) is 0 Å². The first-order chi connectivity index (χ1) is 16.5. The summed E-state index contributed by atoms with van der Waals surface area (Å²) in [5.41, 5.74) is 3.82. The zero-order chi connectivity index (χ0) is 23.7. The van der Waals surface area contributed by atoms with Gasteiger partial charge in [-0.15, -0.1) is 0 Å². The number of benzene rings is 3. The van der Waals surface area contributed by atoms with Gasteiger partial charge < -0.3 is 14.2 Å². The van der Waals surface area contributed by atoms with Gasteiger partial charge in [0.15, 0.2) is 0 Å². The van der Waals surface area contributed by atoms with E-state index in [1.54, 1.807) is 12.1 Å². The molecule has 5 rings (SSSR count). The first kappa shape index (κ1) is 22.4. The molecule has 0 unspecified atom stereocenters. The van der Waals surface area contributed by atoms with Crippen LogP contribution in [0.15, 0.2) is 66.7 Å². The first-order valence-corrected chi connectivity index (χ1v) is 11.7. The molecule has 3 aromatic carbocycles. The summed E-state index contributed by atoms with van der Waals surface area (Å²) < 4.78 is 21.4. The van der Waals surface area contributed by atoms with Crippen LogP contribution in [0.1, 0.15) is 29.3 Å². The number of imidazole rings is 1. The summed E-state index contributed by atoms with van der Waals surface area (Å²) in [6, 6.07) is 19.9. The average Bonchev–Trinajstić information content (AvgIpc) is 3.38. The van der Waals surface area contributed by atoms with Gasteiger partial charge in [0, 0.05) is 30.5 Å². The molecule has 0 bridgehead atoms. The minimum atomic E-state index is -0.279. The number of aryl methyl sites for hydroxylation is 1. The minimum Gasteiger partial charge on any atom is -0.492 e. The summed E-state index contributed by atoms with van der Waals surface area (Å²) in [6.07, 6.45) is 0.405. The molecule has 0 radical (unpaired) electrons. The Labute approximate surface area is 202 Å². The molecule has 0 spiro atoms. The molecule has 34 heavy (non-hydrogen) atoms. The average molecular weight is 478 g/mol. The molecule has 1 aromatic heterocycles. The van der Waals surface area contributed by atoms with Gasteiger partial charge in [-0.25, -0.2) is 9.37 Å². The highest BCUT2D eigenvalue weighted by atomic mass is 35.5. The van der Waals surface area contributed by atoms with Crippen LogP contribution in [-0.4, -0.2) is 33.5 Å². The molecule has 1 saturated heterocycles.